The quantitative estimate of drug-likeness (QED) is 0.329. The monoisotopic (exact) mass is 513 g/mol. The Labute approximate surface area is 211 Å². The minimum absolute atomic E-state index is 0.0216. The van der Waals surface area contributed by atoms with Gasteiger partial charge in [0, 0.05) is 59.5 Å². The van der Waals surface area contributed by atoms with Gasteiger partial charge in [-0.15, -0.1) is 0 Å². The van der Waals surface area contributed by atoms with Gasteiger partial charge in [-0.2, -0.15) is 0 Å². The predicted molar refractivity (Wildman–Crippen MR) is 129 cm³/mol. The molecule has 1 aliphatic heterocycles. The van der Waals surface area contributed by atoms with Crippen LogP contribution in [0.25, 0.3) is 0 Å². The number of halogens is 2. The number of nitro groups is 1. The van der Waals surface area contributed by atoms with E-state index in [4.69, 9.17) is 32.7 Å². The molecule has 35 heavy (non-hydrogen) atoms. The number of carbonyl (C=O) groups is 2. The molecule has 180 valence electrons. The lowest BCUT2D eigenvalue weighted by Crippen LogP contribution is -2.30. The van der Waals surface area contributed by atoms with E-state index >= 15 is 0 Å². The maximum atomic E-state index is 13.1. The molecule has 2 aromatic rings. The fourth-order valence-electron chi connectivity index (χ4n) is 4.95. The van der Waals surface area contributed by atoms with Gasteiger partial charge in [-0.1, -0.05) is 23.2 Å². The summed E-state index contributed by atoms with van der Waals surface area (Å²) < 4.78 is 12.2. The summed E-state index contributed by atoms with van der Waals surface area (Å²) in [5.74, 6) is 0.751. The highest BCUT2D eigenvalue weighted by Crippen LogP contribution is 2.51. The third kappa shape index (κ3) is 4.46. The molecule has 0 saturated heterocycles. The minimum Gasteiger partial charge on any atom is -0.487 e. The van der Waals surface area contributed by atoms with E-state index in [9.17, 15) is 19.7 Å². The summed E-state index contributed by atoms with van der Waals surface area (Å²) in [6, 6.07) is 9.24. The van der Waals surface area contributed by atoms with E-state index in [0.29, 0.717) is 83.1 Å². The van der Waals surface area contributed by atoms with Crippen molar-refractivity contribution in [1.29, 1.82) is 0 Å². The average molecular weight is 514 g/mol. The summed E-state index contributed by atoms with van der Waals surface area (Å²) in [6.45, 7) is 0.0786. The summed E-state index contributed by atoms with van der Waals surface area (Å²) in [5.41, 5.74) is 2.17. The number of nitrogens with zero attached hydrogens (tertiary/aromatic N) is 1. The second kappa shape index (κ2) is 9.47. The number of carbonyl (C=O) groups excluding carboxylic acids is 2. The molecule has 0 radical (unpaired) electrons. The number of hydrogen-bond acceptors (Lipinski definition) is 6. The van der Waals surface area contributed by atoms with Crippen LogP contribution in [0.4, 0.5) is 5.69 Å². The van der Waals surface area contributed by atoms with Crippen LogP contribution in [0.1, 0.15) is 55.6 Å². The molecule has 0 amide bonds. The highest BCUT2D eigenvalue weighted by Gasteiger charge is 2.43. The van der Waals surface area contributed by atoms with Gasteiger partial charge in [0.2, 0.25) is 0 Å². The number of rotatable bonds is 5. The van der Waals surface area contributed by atoms with E-state index < -0.39 is 10.8 Å². The minimum atomic E-state index is -0.669. The van der Waals surface area contributed by atoms with Crippen molar-refractivity contribution in [3.8, 4) is 5.75 Å². The Morgan fingerprint density at radius 1 is 0.943 bits per heavy atom. The summed E-state index contributed by atoms with van der Waals surface area (Å²) in [4.78, 5) is 36.7. The molecule has 0 bridgehead atoms. The maximum absolute atomic E-state index is 13.1. The van der Waals surface area contributed by atoms with E-state index in [1.807, 2.05) is 0 Å². The second-order valence-electron chi connectivity index (χ2n) is 8.78. The number of Topliss-reactive ketones (excluding diaryl/α,β-unsaturated/α-hetero) is 2. The molecule has 0 N–H and O–H groups in total. The number of ketones is 2. The highest BCUT2D eigenvalue weighted by molar-refractivity contribution is 6.35. The molecular weight excluding hydrogens is 493 g/mol. The molecule has 0 aromatic heterocycles. The fraction of sp³-hybridized carbons (Fsp3) is 0.308. The number of ether oxygens (including phenoxy) is 2. The number of benzene rings is 2. The molecule has 5 rings (SSSR count). The Morgan fingerprint density at radius 2 is 1.54 bits per heavy atom. The van der Waals surface area contributed by atoms with Gasteiger partial charge in [0.1, 0.15) is 23.9 Å². The Bertz CT molecular complexity index is 1270. The summed E-state index contributed by atoms with van der Waals surface area (Å²) in [7, 11) is 0. The predicted octanol–water partition coefficient (Wildman–Crippen LogP) is 6.61. The molecule has 1 heterocycles. The molecule has 2 aromatic carbocycles. The summed E-state index contributed by atoms with van der Waals surface area (Å²) in [5, 5.41) is 11.5. The van der Waals surface area contributed by atoms with Crippen molar-refractivity contribution in [3.05, 3.63) is 90.3 Å². The molecule has 0 unspecified atom stereocenters. The zero-order chi connectivity index (χ0) is 24.7. The zero-order valence-corrected chi connectivity index (χ0v) is 20.2. The van der Waals surface area contributed by atoms with Crippen molar-refractivity contribution in [2.24, 2.45) is 0 Å². The lowest BCUT2D eigenvalue weighted by Gasteiger charge is -2.36. The molecule has 0 fully saturated rings. The Hall–Kier alpha value is -3.16. The normalized spacial score (nSPS) is 18.2. The van der Waals surface area contributed by atoms with Crippen molar-refractivity contribution in [3.63, 3.8) is 0 Å². The van der Waals surface area contributed by atoms with Crippen LogP contribution in [0.2, 0.25) is 10.0 Å². The lowest BCUT2D eigenvalue weighted by atomic mass is 9.73. The lowest BCUT2D eigenvalue weighted by molar-refractivity contribution is -0.384. The molecule has 0 atom stereocenters. The van der Waals surface area contributed by atoms with Crippen molar-refractivity contribution >= 4 is 40.5 Å². The molecule has 3 aliphatic rings. The van der Waals surface area contributed by atoms with Crippen LogP contribution in [0.3, 0.4) is 0 Å². The first-order valence-corrected chi connectivity index (χ1v) is 12.1. The number of hydrogen-bond donors (Lipinski definition) is 0. The maximum Gasteiger partial charge on any atom is 0.269 e. The molecular formula is C26H21Cl2NO6. The van der Waals surface area contributed by atoms with E-state index in [1.165, 1.54) is 12.1 Å². The van der Waals surface area contributed by atoms with Crippen molar-refractivity contribution < 1.29 is 24.0 Å². The van der Waals surface area contributed by atoms with Crippen molar-refractivity contribution in [2.45, 2.75) is 51.0 Å². The third-order valence-corrected chi connectivity index (χ3v) is 7.02. The smallest absolute Gasteiger partial charge is 0.269 e. The van der Waals surface area contributed by atoms with Gasteiger partial charge in [0.05, 0.1) is 15.9 Å². The van der Waals surface area contributed by atoms with Crippen molar-refractivity contribution in [2.75, 3.05) is 0 Å². The first-order chi connectivity index (χ1) is 16.8. The standard InChI is InChI=1S/C26H21Cl2NO6/c27-15-11-17(26(18(28)12-15)34-13-14-7-9-16(10-8-14)29(32)33)23-24-19(30)3-1-5-21(24)35-22-6-2-4-20(31)25(22)23/h7-12,23H,1-6,13H2. The van der Waals surface area contributed by atoms with Crippen molar-refractivity contribution in [1.82, 2.24) is 0 Å². The number of allylic oxidation sites excluding steroid dienone is 4. The fourth-order valence-corrected chi connectivity index (χ4v) is 5.51. The van der Waals surface area contributed by atoms with Gasteiger partial charge in [0.25, 0.3) is 5.69 Å². The number of nitro benzene ring substituents is 1. The summed E-state index contributed by atoms with van der Waals surface area (Å²) >= 11 is 13.0. The van der Waals surface area contributed by atoms with Crippen LogP contribution in [0, 0.1) is 10.1 Å². The van der Waals surface area contributed by atoms with Gasteiger partial charge in [-0.3, -0.25) is 19.7 Å². The summed E-state index contributed by atoms with van der Waals surface area (Å²) in [6.07, 6.45) is 3.39. The van der Waals surface area contributed by atoms with Gasteiger partial charge >= 0.3 is 0 Å². The SMILES string of the molecule is O=C1CCCC2=C1C(c1cc(Cl)cc(Cl)c1OCc1ccc([N+](=O)[O-])cc1)C1=C(CCCC1=O)O2. The van der Waals surface area contributed by atoms with E-state index in [2.05, 4.69) is 0 Å². The Balaban J connectivity index is 1.59. The van der Waals surface area contributed by atoms with Crippen LogP contribution in [0.5, 0.6) is 5.75 Å². The van der Waals surface area contributed by atoms with Crippen LogP contribution >= 0.6 is 23.2 Å². The van der Waals surface area contributed by atoms with Gasteiger partial charge in [0.15, 0.2) is 11.6 Å². The molecule has 9 heteroatoms. The Kier molecular flexibility index (Phi) is 6.38. The van der Waals surface area contributed by atoms with E-state index in [0.717, 1.165) is 0 Å². The Morgan fingerprint density at radius 3 is 2.11 bits per heavy atom. The van der Waals surface area contributed by atoms with E-state index in [-0.39, 0.29) is 28.9 Å². The zero-order valence-electron chi connectivity index (χ0n) is 18.6. The first-order valence-electron chi connectivity index (χ1n) is 11.4. The van der Waals surface area contributed by atoms with Gasteiger partial charge in [-0.25, -0.2) is 0 Å². The first kappa shape index (κ1) is 23.6. The highest BCUT2D eigenvalue weighted by atomic mass is 35.5. The number of non-ortho nitro benzene ring substituents is 1. The van der Waals surface area contributed by atoms with Crippen LogP contribution < -0.4 is 4.74 Å². The van der Waals surface area contributed by atoms with Gasteiger partial charge < -0.3 is 9.47 Å². The van der Waals surface area contributed by atoms with E-state index in [1.54, 1.807) is 24.3 Å². The molecule has 2 aliphatic carbocycles. The average Bonchev–Trinajstić information content (AvgIpc) is 2.82. The molecule has 0 saturated carbocycles. The second-order valence-corrected chi connectivity index (χ2v) is 9.62. The molecule has 0 spiro atoms. The van der Waals surface area contributed by atoms with Gasteiger partial charge in [-0.05, 0) is 42.7 Å². The third-order valence-electron chi connectivity index (χ3n) is 6.52. The largest absolute Gasteiger partial charge is 0.487 e. The topological polar surface area (TPSA) is 95.7 Å². The van der Waals surface area contributed by atoms with Crippen LogP contribution in [0.15, 0.2) is 59.1 Å². The molecule has 7 nitrogen and oxygen atoms in total. The van der Waals surface area contributed by atoms with Crippen LogP contribution in [-0.4, -0.2) is 16.5 Å². The van der Waals surface area contributed by atoms with Crippen LogP contribution in [-0.2, 0) is 20.9 Å².